The number of aromatic nitrogens is 1. The zero-order chi connectivity index (χ0) is 25.0. The summed E-state index contributed by atoms with van der Waals surface area (Å²) in [6.07, 6.45) is 3.50. The molecule has 0 atom stereocenters. The maximum Gasteiger partial charge on any atom is 0.0267 e. The van der Waals surface area contributed by atoms with Crippen LogP contribution in [0, 0.1) is 0 Å². The first-order chi connectivity index (χ1) is 16.0. The molecule has 4 aromatic rings. The first kappa shape index (κ1) is 36.2. The highest BCUT2D eigenvalue weighted by Gasteiger charge is 1.59. The highest BCUT2D eigenvalue weighted by molar-refractivity contribution is 5.00. The lowest BCUT2D eigenvalue weighted by molar-refractivity contribution is 1.33. The molecule has 0 fully saturated rings. The van der Waals surface area contributed by atoms with Gasteiger partial charge in [0, 0.05) is 12.4 Å². The molecule has 0 aliphatic carbocycles. The van der Waals surface area contributed by atoms with Gasteiger partial charge in [0.25, 0.3) is 0 Å². The Bertz CT molecular complexity index is 420. The third kappa shape index (κ3) is 41.2. The van der Waals surface area contributed by atoms with Gasteiger partial charge in [-0.3, -0.25) is 4.98 Å². The van der Waals surface area contributed by atoms with Gasteiger partial charge in [0.1, 0.15) is 0 Å². The van der Waals surface area contributed by atoms with Crippen LogP contribution in [0.4, 0.5) is 0 Å². The fourth-order valence-corrected chi connectivity index (χ4v) is 1.47. The molecule has 32 heavy (non-hydrogen) atoms. The third-order valence-electron chi connectivity index (χ3n) is 2.57. The summed E-state index contributed by atoms with van der Waals surface area (Å²) in [5, 5.41) is 0. The van der Waals surface area contributed by atoms with E-state index in [0.717, 1.165) is 0 Å². The van der Waals surface area contributed by atoms with Crippen molar-refractivity contribution in [2.75, 3.05) is 0 Å². The Hall–Kier alpha value is -3.19. The van der Waals surface area contributed by atoms with Crippen molar-refractivity contribution in [1.29, 1.82) is 0 Å². The summed E-state index contributed by atoms with van der Waals surface area (Å²) in [7, 11) is 0. The largest absolute Gasteiger partial charge is 0.265 e. The Labute approximate surface area is 200 Å². The predicted molar refractivity (Wildman–Crippen MR) is 149 cm³/mol. The van der Waals surface area contributed by atoms with E-state index in [0.29, 0.717) is 0 Å². The SMILES string of the molecule is CC.CC.CC.CC.c1ccccc1.c1ccccc1.c1ccccc1.c1ccncc1. The molecule has 3 aromatic carbocycles. The zero-order valence-electron chi connectivity index (χ0n) is 21.7. The highest BCUT2D eigenvalue weighted by Crippen LogP contribution is 1.81. The normalized spacial score (nSPS) is 6.75. The molecule has 0 N–H and O–H groups in total. The van der Waals surface area contributed by atoms with Crippen molar-refractivity contribution < 1.29 is 0 Å². The van der Waals surface area contributed by atoms with Gasteiger partial charge in [0.2, 0.25) is 0 Å². The summed E-state index contributed by atoms with van der Waals surface area (Å²) >= 11 is 0. The van der Waals surface area contributed by atoms with Crippen molar-refractivity contribution in [1.82, 2.24) is 4.98 Å². The monoisotopic (exact) mass is 433 g/mol. The molecule has 0 unspecified atom stereocenters. The van der Waals surface area contributed by atoms with Gasteiger partial charge in [-0.2, -0.15) is 0 Å². The number of hydrogen-bond acceptors (Lipinski definition) is 1. The van der Waals surface area contributed by atoms with E-state index in [4.69, 9.17) is 0 Å². The molecule has 0 saturated carbocycles. The van der Waals surface area contributed by atoms with Crippen molar-refractivity contribution in [2.24, 2.45) is 0 Å². The average molecular weight is 434 g/mol. The van der Waals surface area contributed by atoms with Crippen LogP contribution in [0.25, 0.3) is 0 Å². The Kier molecular flexibility index (Phi) is 52.2. The molecule has 0 spiro atoms. The minimum atomic E-state index is 1.75. The molecule has 1 heteroatoms. The molecule has 1 heterocycles. The summed E-state index contributed by atoms with van der Waals surface area (Å²) in [6, 6.07) is 41.7. The molecule has 176 valence electrons. The maximum absolute atomic E-state index is 3.78. The molecule has 1 aromatic heterocycles. The second-order valence-corrected chi connectivity index (χ2v) is 4.49. The fourth-order valence-electron chi connectivity index (χ4n) is 1.47. The summed E-state index contributed by atoms with van der Waals surface area (Å²) in [6.45, 7) is 16.0. The smallest absolute Gasteiger partial charge is 0.0267 e. The molecule has 0 saturated heterocycles. The average Bonchev–Trinajstić information content (AvgIpc) is 2.98. The zero-order valence-corrected chi connectivity index (χ0v) is 21.7. The Morgan fingerprint density at radius 1 is 0.219 bits per heavy atom. The lowest BCUT2D eigenvalue weighted by Crippen LogP contribution is -1.58. The van der Waals surface area contributed by atoms with Gasteiger partial charge < -0.3 is 0 Å². The van der Waals surface area contributed by atoms with Crippen LogP contribution < -0.4 is 0 Å². The van der Waals surface area contributed by atoms with E-state index < -0.39 is 0 Å². The topological polar surface area (TPSA) is 12.9 Å². The minimum Gasteiger partial charge on any atom is -0.265 e. The van der Waals surface area contributed by atoms with Crippen molar-refractivity contribution in [2.45, 2.75) is 55.4 Å². The van der Waals surface area contributed by atoms with Crippen molar-refractivity contribution in [3.8, 4) is 0 Å². The second kappa shape index (κ2) is 46.2. The number of hydrogen-bond donors (Lipinski definition) is 0. The molecular formula is C31H47N. The van der Waals surface area contributed by atoms with Gasteiger partial charge in [-0.05, 0) is 12.1 Å². The molecular weight excluding hydrogens is 386 g/mol. The molecule has 1 nitrogen and oxygen atoms in total. The summed E-state index contributed by atoms with van der Waals surface area (Å²) in [4.78, 5) is 3.78. The standard InChI is InChI=1S/3C6H6.C5H5N.4C2H6/c4*1-2-4-6-5-3-1;4*1-2/h3*1-6H;1-5H;4*1-2H3. The van der Waals surface area contributed by atoms with E-state index in [9.17, 15) is 0 Å². The lowest BCUT2D eigenvalue weighted by atomic mass is 10.4. The van der Waals surface area contributed by atoms with Crippen LogP contribution in [0.1, 0.15) is 55.4 Å². The van der Waals surface area contributed by atoms with E-state index in [1.54, 1.807) is 12.4 Å². The number of pyridine rings is 1. The van der Waals surface area contributed by atoms with Crippen molar-refractivity contribution in [3.63, 3.8) is 0 Å². The Morgan fingerprint density at radius 3 is 0.406 bits per heavy atom. The maximum atomic E-state index is 3.78. The summed E-state index contributed by atoms with van der Waals surface area (Å²) in [5.41, 5.74) is 0. The molecule has 0 radical (unpaired) electrons. The van der Waals surface area contributed by atoms with Gasteiger partial charge in [-0.15, -0.1) is 0 Å². The van der Waals surface area contributed by atoms with E-state index in [2.05, 4.69) is 4.98 Å². The van der Waals surface area contributed by atoms with E-state index in [1.807, 2.05) is 183 Å². The number of rotatable bonds is 0. The van der Waals surface area contributed by atoms with E-state index in [-0.39, 0.29) is 0 Å². The quantitative estimate of drug-likeness (QED) is 0.269. The van der Waals surface area contributed by atoms with Crippen molar-refractivity contribution >= 4 is 0 Å². The van der Waals surface area contributed by atoms with Gasteiger partial charge in [0.05, 0.1) is 0 Å². The van der Waals surface area contributed by atoms with Crippen LogP contribution in [-0.2, 0) is 0 Å². The van der Waals surface area contributed by atoms with Gasteiger partial charge in [-0.25, -0.2) is 0 Å². The second-order valence-electron chi connectivity index (χ2n) is 4.49. The van der Waals surface area contributed by atoms with Gasteiger partial charge in [-0.1, -0.05) is 171 Å². The van der Waals surface area contributed by atoms with Crippen LogP contribution >= 0.6 is 0 Å². The van der Waals surface area contributed by atoms with Crippen molar-refractivity contribution in [3.05, 3.63) is 140 Å². The van der Waals surface area contributed by atoms with Gasteiger partial charge in [0.15, 0.2) is 0 Å². The molecule has 0 aliphatic rings. The van der Waals surface area contributed by atoms with Crippen LogP contribution in [0.5, 0.6) is 0 Å². The number of nitrogens with zero attached hydrogens (tertiary/aromatic N) is 1. The summed E-state index contributed by atoms with van der Waals surface area (Å²) < 4.78 is 0. The lowest BCUT2D eigenvalue weighted by Gasteiger charge is -1.70. The predicted octanol–water partition coefficient (Wildman–Crippen LogP) is 10.2. The van der Waals surface area contributed by atoms with Crippen LogP contribution in [0.2, 0.25) is 0 Å². The van der Waals surface area contributed by atoms with Crippen LogP contribution in [0.3, 0.4) is 0 Å². The molecule has 0 bridgehead atoms. The first-order valence-electron chi connectivity index (χ1n) is 11.8. The van der Waals surface area contributed by atoms with Gasteiger partial charge >= 0.3 is 0 Å². The Balaban J connectivity index is -0.000000148. The molecule has 4 rings (SSSR count). The highest BCUT2D eigenvalue weighted by atomic mass is 14.6. The van der Waals surface area contributed by atoms with E-state index in [1.165, 1.54) is 0 Å². The Morgan fingerprint density at radius 2 is 0.344 bits per heavy atom. The van der Waals surface area contributed by atoms with E-state index >= 15 is 0 Å². The fraction of sp³-hybridized carbons (Fsp3) is 0.258. The third-order valence-corrected chi connectivity index (χ3v) is 2.57. The molecule has 0 aliphatic heterocycles. The van der Waals surface area contributed by atoms with Crippen LogP contribution in [0.15, 0.2) is 140 Å². The van der Waals surface area contributed by atoms with Crippen LogP contribution in [-0.4, -0.2) is 4.98 Å². The minimum absolute atomic E-state index is 1.75. The summed E-state index contributed by atoms with van der Waals surface area (Å²) in [5.74, 6) is 0. The number of benzene rings is 3. The molecule has 0 amide bonds. The first-order valence-corrected chi connectivity index (χ1v) is 11.8.